The Hall–Kier alpha value is -1.89. The number of hydrogen-bond acceptors (Lipinski definition) is 4. The van der Waals surface area contributed by atoms with Crippen molar-refractivity contribution in [1.29, 1.82) is 0 Å². The standard InChI is InChI=1S/C20H31N5O2/c1-24(2)19(27)16-12-15-17(22-13-21-15)20(23-16)8-10-25(11-9-20)18(26)14-6-4-3-5-7-14/h13-14,16,23H,3-12H2,1-2H3,(H,21,22)/t16-/m0/s1. The number of fused-ring (bicyclic) bond motifs is 2. The molecule has 0 aromatic carbocycles. The van der Waals surface area contributed by atoms with Crippen LogP contribution in [0.3, 0.4) is 0 Å². The molecule has 0 bridgehead atoms. The number of likely N-dealkylation sites (N-methyl/N-ethyl adjacent to an activating group) is 1. The molecule has 0 unspecified atom stereocenters. The summed E-state index contributed by atoms with van der Waals surface area (Å²) >= 11 is 0. The van der Waals surface area contributed by atoms with E-state index in [0.717, 1.165) is 50.2 Å². The van der Waals surface area contributed by atoms with E-state index in [2.05, 4.69) is 15.3 Å². The Labute approximate surface area is 160 Å². The van der Waals surface area contributed by atoms with Crippen LogP contribution in [0.15, 0.2) is 6.33 Å². The van der Waals surface area contributed by atoms with Gasteiger partial charge in [-0.2, -0.15) is 0 Å². The average molecular weight is 374 g/mol. The number of amides is 2. The van der Waals surface area contributed by atoms with Crippen LogP contribution in [0.1, 0.15) is 56.3 Å². The third-order valence-corrected chi connectivity index (χ3v) is 6.65. The third kappa shape index (κ3) is 3.37. The first-order chi connectivity index (χ1) is 13.0. The monoisotopic (exact) mass is 373 g/mol. The summed E-state index contributed by atoms with van der Waals surface area (Å²) in [5.74, 6) is 0.648. The van der Waals surface area contributed by atoms with Gasteiger partial charge in [-0.3, -0.25) is 14.9 Å². The highest BCUT2D eigenvalue weighted by atomic mass is 16.2. The Kier molecular flexibility index (Phi) is 4.97. The van der Waals surface area contributed by atoms with E-state index in [1.165, 1.54) is 19.3 Å². The highest BCUT2D eigenvalue weighted by molar-refractivity contribution is 5.82. The number of aromatic nitrogens is 2. The van der Waals surface area contributed by atoms with Crippen LogP contribution < -0.4 is 5.32 Å². The van der Waals surface area contributed by atoms with E-state index in [4.69, 9.17) is 0 Å². The van der Waals surface area contributed by atoms with Crippen LogP contribution in [0, 0.1) is 5.92 Å². The SMILES string of the molecule is CN(C)C(=O)[C@@H]1Cc2[nH]cnc2C2(CCN(C(=O)C3CCCCC3)CC2)N1. The summed E-state index contributed by atoms with van der Waals surface area (Å²) in [6, 6.07) is -0.242. The molecule has 2 aliphatic heterocycles. The van der Waals surface area contributed by atoms with E-state index in [9.17, 15) is 9.59 Å². The van der Waals surface area contributed by atoms with Gasteiger partial charge in [0.25, 0.3) is 0 Å². The van der Waals surface area contributed by atoms with Crippen molar-refractivity contribution in [2.24, 2.45) is 5.92 Å². The second-order valence-corrected chi connectivity index (χ2v) is 8.61. The zero-order valence-corrected chi connectivity index (χ0v) is 16.5. The number of imidazole rings is 1. The molecule has 1 saturated carbocycles. The molecule has 7 heteroatoms. The summed E-state index contributed by atoms with van der Waals surface area (Å²) in [5.41, 5.74) is 1.78. The molecule has 1 spiro atoms. The van der Waals surface area contributed by atoms with Crippen LogP contribution in [-0.4, -0.2) is 64.8 Å². The van der Waals surface area contributed by atoms with Gasteiger partial charge in [-0.15, -0.1) is 0 Å². The highest BCUT2D eigenvalue weighted by Crippen LogP contribution is 2.38. The Bertz CT molecular complexity index is 699. The number of likely N-dealkylation sites (tertiary alicyclic amines) is 1. The van der Waals surface area contributed by atoms with Crippen molar-refractivity contribution in [2.45, 2.75) is 62.9 Å². The summed E-state index contributed by atoms with van der Waals surface area (Å²) in [6.45, 7) is 1.47. The molecule has 1 aromatic heterocycles. The molecule has 148 valence electrons. The normalized spacial score (nSPS) is 25.3. The maximum absolute atomic E-state index is 12.9. The molecular formula is C20H31N5O2. The first-order valence-corrected chi connectivity index (χ1v) is 10.3. The summed E-state index contributed by atoms with van der Waals surface area (Å²) < 4.78 is 0. The fourth-order valence-electron chi connectivity index (χ4n) is 5.10. The van der Waals surface area contributed by atoms with E-state index in [1.807, 2.05) is 4.90 Å². The lowest BCUT2D eigenvalue weighted by Gasteiger charge is -2.47. The Balaban J connectivity index is 1.49. The van der Waals surface area contributed by atoms with Crippen molar-refractivity contribution in [3.05, 3.63) is 17.7 Å². The fraction of sp³-hybridized carbons (Fsp3) is 0.750. The zero-order chi connectivity index (χ0) is 19.0. The minimum atomic E-state index is -0.312. The molecule has 2 N–H and O–H groups in total. The van der Waals surface area contributed by atoms with E-state index in [0.29, 0.717) is 12.3 Å². The Morgan fingerprint density at radius 2 is 1.89 bits per heavy atom. The molecule has 3 heterocycles. The van der Waals surface area contributed by atoms with Gasteiger partial charge in [0, 0.05) is 45.2 Å². The quantitative estimate of drug-likeness (QED) is 0.821. The van der Waals surface area contributed by atoms with E-state index < -0.39 is 0 Å². The lowest BCUT2D eigenvalue weighted by atomic mass is 9.78. The summed E-state index contributed by atoms with van der Waals surface area (Å²) in [7, 11) is 3.59. The molecule has 2 amide bonds. The van der Waals surface area contributed by atoms with Gasteiger partial charge in [0.1, 0.15) is 0 Å². The molecule has 2 fully saturated rings. The highest BCUT2D eigenvalue weighted by Gasteiger charge is 2.47. The van der Waals surface area contributed by atoms with Crippen molar-refractivity contribution in [3.8, 4) is 0 Å². The molecular weight excluding hydrogens is 342 g/mol. The van der Waals surface area contributed by atoms with E-state index in [-0.39, 0.29) is 23.4 Å². The van der Waals surface area contributed by atoms with Crippen molar-refractivity contribution in [2.75, 3.05) is 27.2 Å². The van der Waals surface area contributed by atoms with Gasteiger partial charge in [0.15, 0.2) is 0 Å². The molecule has 0 radical (unpaired) electrons. The Morgan fingerprint density at radius 1 is 1.19 bits per heavy atom. The number of aromatic amines is 1. The molecule has 1 aromatic rings. The second-order valence-electron chi connectivity index (χ2n) is 8.61. The lowest BCUT2D eigenvalue weighted by Crippen LogP contribution is -2.61. The largest absolute Gasteiger partial charge is 0.348 e. The van der Waals surface area contributed by atoms with Gasteiger partial charge >= 0.3 is 0 Å². The number of carbonyl (C=O) groups is 2. The number of nitrogens with one attached hydrogen (secondary N) is 2. The predicted molar refractivity (Wildman–Crippen MR) is 102 cm³/mol. The van der Waals surface area contributed by atoms with Gasteiger partial charge in [-0.05, 0) is 25.7 Å². The van der Waals surface area contributed by atoms with Crippen molar-refractivity contribution >= 4 is 11.8 Å². The Morgan fingerprint density at radius 3 is 2.56 bits per heavy atom. The van der Waals surface area contributed by atoms with Crippen LogP contribution >= 0.6 is 0 Å². The minimum absolute atomic E-state index is 0.0929. The summed E-state index contributed by atoms with van der Waals surface area (Å²) in [4.78, 5) is 37.0. The molecule has 1 aliphatic carbocycles. The smallest absolute Gasteiger partial charge is 0.239 e. The van der Waals surface area contributed by atoms with Crippen LogP contribution in [0.2, 0.25) is 0 Å². The summed E-state index contributed by atoms with van der Waals surface area (Å²) in [6.07, 6.45) is 9.70. The van der Waals surface area contributed by atoms with Crippen LogP contribution in [0.5, 0.6) is 0 Å². The topological polar surface area (TPSA) is 81.3 Å². The molecule has 3 aliphatic rings. The minimum Gasteiger partial charge on any atom is -0.348 e. The van der Waals surface area contributed by atoms with Crippen LogP contribution in [-0.2, 0) is 21.5 Å². The van der Waals surface area contributed by atoms with Crippen LogP contribution in [0.25, 0.3) is 0 Å². The lowest BCUT2D eigenvalue weighted by molar-refractivity contribution is -0.139. The fourth-order valence-corrected chi connectivity index (χ4v) is 5.10. The first kappa shape index (κ1) is 18.5. The maximum Gasteiger partial charge on any atom is 0.239 e. The van der Waals surface area contributed by atoms with Crippen molar-refractivity contribution in [1.82, 2.24) is 25.1 Å². The molecule has 7 nitrogen and oxygen atoms in total. The number of hydrogen-bond donors (Lipinski definition) is 2. The van der Waals surface area contributed by atoms with Gasteiger partial charge in [0.2, 0.25) is 11.8 Å². The van der Waals surface area contributed by atoms with Gasteiger partial charge in [-0.25, -0.2) is 4.98 Å². The number of rotatable bonds is 2. The summed E-state index contributed by atoms with van der Waals surface area (Å²) in [5, 5.41) is 3.62. The van der Waals surface area contributed by atoms with E-state index in [1.54, 1.807) is 25.3 Å². The number of nitrogens with zero attached hydrogens (tertiary/aromatic N) is 3. The van der Waals surface area contributed by atoms with Gasteiger partial charge < -0.3 is 14.8 Å². The first-order valence-electron chi connectivity index (χ1n) is 10.3. The number of piperidine rings is 1. The molecule has 1 saturated heterocycles. The molecule has 4 rings (SSSR count). The molecule has 27 heavy (non-hydrogen) atoms. The second kappa shape index (κ2) is 7.26. The maximum atomic E-state index is 12.9. The van der Waals surface area contributed by atoms with Gasteiger partial charge in [0.05, 0.1) is 23.6 Å². The third-order valence-electron chi connectivity index (χ3n) is 6.65. The van der Waals surface area contributed by atoms with Crippen molar-refractivity contribution < 1.29 is 9.59 Å². The molecule has 1 atom stereocenters. The predicted octanol–water partition coefficient (Wildman–Crippen LogP) is 1.41. The number of H-pyrrole nitrogens is 1. The van der Waals surface area contributed by atoms with Gasteiger partial charge in [-0.1, -0.05) is 19.3 Å². The zero-order valence-electron chi connectivity index (χ0n) is 16.5. The van der Waals surface area contributed by atoms with Crippen LogP contribution in [0.4, 0.5) is 0 Å². The van der Waals surface area contributed by atoms with E-state index >= 15 is 0 Å². The van der Waals surface area contributed by atoms with Crippen molar-refractivity contribution in [3.63, 3.8) is 0 Å². The number of carbonyl (C=O) groups excluding carboxylic acids is 2. The average Bonchev–Trinajstić information content (AvgIpc) is 3.18.